The maximum Gasteiger partial charge on any atom is 0.337 e. The highest BCUT2D eigenvalue weighted by atomic mass is 35.5. The van der Waals surface area contributed by atoms with Gasteiger partial charge in [0.25, 0.3) is 0 Å². The minimum atomic E-state index is -1.10. The second-order valence-electron chi connectivity index (χ2n) is 3.96. The second-order valence-corrected chi connectivity index (χ2v) is 5.80. The fraction of sp³-hybridized carbons (Fsp3) is 0.250. The van der Waals surface area contributed by atoms with Gasteiger partial charge in [0, 0.05) is 29.4 Å². The fourth-order valence-corrected chi connectivity index (χ4v) is 3.33. The van der Waals surface area contributed by atoms with E-state index in [4.69, 9.17) is 33.6 Å². The standard InChI is InChI=1S/C12H9Cl2N3O2S/c13-9-2-1-7(11(18)19)10(14)8(9)5-17-3-4-20-12(17)16-6-15/h1-2H,3-5H2,(H,18,19)/b16-12-. The van der Waals surface area contributed by atoms with Gasteiger partial charge in [0.05, 0.1) is 10.6 Å². The molecule has 2 rings (SSSR count). The third-order valence-corrected chi connectivity index (χ3v) is 4.55. The van der Waals surface area contributed by atoms with Crippen molar-refractivity contribution in [2.24, 2.45) is 4.99 Å². The lowest BCUT2D eigenvalue weighted by Gasteiger charge is -2.19. The monoisotopic (exact) mass is 329 g/mol. The van der Waals surface area contributed by atoms with Gasteiger partial charge in [-0.05, 0) is 12.1 Å². The van der Waals surface area contributed by atoms with Crippen molar-refractivity contribution < 1.29 is 9.90 Å². The van der Waals surface area contributed by atoms with E-state index in [0.717, 1.165) is 5.75 Å². The van der Waals surface area contributed by atoms with Crippen LogP contribution in [0.25, 0.3) is 0 Å². The molecule has 1 heterocycles. The molecule has 104 valence electrons. The molecule has 0 unspecified atom stereocenters. The molecule has 1 fully saturated rings. The second kappa shape index (κ2) is 6.35. The average molecular weight is 330 g/mol. The van der Waals surface area contributed by atoms with E-state index in [1.165, 1.54) is 23.9 Å². The van der Waals surface area contributed by atoms with Crippen LogP contribution in [0.5, 0.6) is 0 Å². The Labute approximate surface area is 129 Å². The Morgan fingerprint density at radius 3 is 2.95 bits per heavy atom. The Morgan fingerprint density at radius 2 is 2.30 bits per heavy atom. The van der Waals surface area contributed by atoms with Gasteiger partial charge in [-0.25, -0.2) is 4.79 Å². The van der Waals surface area contributed by atoms with E-state index in [2.05, 4.69) is 4.99 Å². The Kier molecular flexibility index (Phi) is 4.76. The van der Waals surface area contributed by atoms with Gasteiger partial charge >= 0.3 is 5.97 Å². The Morgan fingerprint density at radius 1 is 1.55 bits per heavy atom. The lowest BCUT2D eigenvalue weighted by Crippen LogP contribution is -2.24. The normalized spacial score (nSPS) is 16.4. The number of hydrogen-bond acceptors (Lipinski definition) is 4. The summed E-state index contributed by atoms with van der Waals surface area (Å²) in [6.07, 6.45) is 1.75. The third kappa shape index (κ3) is 3.01. The van der Waals surface area contributed by atoms with Crippen LogP contribution in [0.3, 0.4) is 0 Å². The van der Waals surface area contributed by atoms with Crippen LogP contribution in [0.1, 0.15) is 15.9 Å². The molecule has 1 aromatic carbocycles. The third-order valence-electron chi connectivity index (χ3n) is 2.77. The van der Waals surface area contributed by atoms with Gasteiger partial charge in [-0.15, -0.1) is 4.99 Å². The van der Waals surface area contributed by atoms with Gasteiger partial charge in [0.15, 0.2) is 5.17 Å². The summed E-state index contributed by atoms with van der Waals surface area (Å²) in [5, 5.41) is 18.8. The molecular formula is C12H9Cl2N3O2S. The molecule has 1 N–H and O–H groups in total. The average Bonchev–Trinajstić information content (AvgIpc) is 2.82. The van der Waals surface area contributed by atoms with Crippen LogP contribution in [0.4, 0.5) is 0 Å². The lowest BCUT2D eigenvalue weighted by atomic mass is 10.1. The predicted octanol–water partition coefficient (Wildman–Crippen LogP) is 3.08. The van der Waals surface area contributed by atoms with Gasteiger partial charge in [-0.3, -0.25) is 0 Å². The zero-order chi connectivity index (χ0) is 14.7. The molecule has 0 spiro atoms. The van der Waals surface area contributed by atoms with Crippen LogP contribution >= 0.6 is 35.0 Å². The summed E-state index contributed by atoms with van der Waals surface area (Å²) in [5.74, 6) is -0.288. The quantitative estimate of drug-likeness (QED) is 0.862. The maximum atomic E-state index is 11.1. The van der Waals surface area contributed by atoms with Crippen molar-refractivity contribution in [2.45, 2.75) is 6.54 Å². The van der Waals surface area contributed by atoms with Crippen molar-refractivity contribution >= 4 is 46.1 Å². The summed E-state index contributed by atoms with van der Waals surface area (Å²) in [5.41, 5.74) is 0.540. The van der Waals surface area contributed by atoms with Gasteiger partial charge in [-0.2, -0.15) is 5.26 Å². The number of nitrogens with zero attached hydrogens (tertiary/aromatic N) is 3. The number of thioether (sulfide) groups is 1. The molecule has 0 aromatic heterocycles. The number of halogens is 2. The molecule has 1 aliphatic rings. The number of amidine groups is 1. The van der Waals surface area contributed by atoms with Crippen LogP contribution < -0.4 is 0 Å². The molecule has 0 atom stereocenters. The molecule has 1 aliphatic heterocycles. The van der Waals surface area contributed by atoms with Gasteiger partial charge in [0.1, 0.15) is 0 Å². The van der Waals surface area contributed by atoms with E-state index in [1.807, 2.05) is 4.90 Å². The highest BCUT2D eigenvalue weighted by Crippen LogP contribution is 2.31. The zero-order valence-corrected chi connectivity index (χ0v) is 12.5. The van der Waals surface area contributed by atoms with E-state index >= 15 is 0 Å². The number of carbonyl (C=O) groups is 1. The first kappa shape index (κ1) is 15.0. The topological polar surface area (TPSA) is 76.7 Å². The van der Waals surface area contributed by atoms with Crippen LogP contribution in [0, 0.1) is 11.5 Å². The molecule has 0 radical (unpaired) electrons. The molecule has 0 aliphatic carbocycles. The number of benzene rings is 1. The number of aliphatic imine (C=N–C) groups is 1. The number of rotatable bonds is 3. The highest BCUT2D eigenvalue weighted by Gasteiger charge is 2.23. The van der Waals surface area contributed by atoms with Crippen LogP contribution in [0.2, 0.25) is 10.0 Å². The van der Waals surface area contributed by atoms with Crippen molar-refractivity contribution in [1.29, 1.82) is 5.26 Å². The molecule has 8 heteroatoms. The summed E-state index contributed by atoms with van der Waals surface area (Å²) < 4.78 is 0. The van der Waals surface area contributed by atoms with E-state index in [9.17, 15) is 4.79 Å². The lowest BCUT2D eigenvalue weighted by molar-refractivity contribution is 0.0697. The highest BCUT2D eigenvalue weighted by molar-refractivity contribution is 8.14. The summed E-state index contributed by atoms with van der Waals surface area (Å²) in [6.45, 7) is 1.03. The first-order valence-electron chi connectivity index (χ1n) is 5.59. The van der Waals surface area contributed by atoms with Crippen molar-refractivity contribution in [2.75, 3.05) is 12.3 Å². The molecule has 0 amide bonds. The molecule has 20 heavy (non-hydrogen) atoms. The number of aromatic carboxylic acids is 1. The minimum Gasteiger partial charge on any atom is -0.478 e. The van der Waals surface area contributed by atoms with Gasteiger partial charge in [-0.1, -0.05) is 35.0 Å². The smallest absolute Gasteiger partial charge is 0.337 e. The summed E-state index contributed by atoms with van der Waals surface area (Å²) in [6, 6.07) is 2.88. The maximum absolute atomic E-state index is 11.1. The molecule has 0 saturated carbocycles. The SMILES string of the molecule is N#C/N=C1\SCCN1Cc1c(Cl)ccc(C(=O)O)c1Cl. The van der Waals surface area contributed by atoms with Gasteiger partial charge < -0.3 is 10.0 Å². The van der Waals surface area contributed by atoms with Crippen molar-refractivity contribution in [3.63, 3.8) is 0 Å². The van der Waals surface area contributed by atoms with E-state index < -0.39 is 5.97 Å². The predicted molar refractivity (Wildman–Crippen MR) is 79.3 cm³/mol. The van der Waals surface area contributed by atoms with Crippen molar-refractivity contribution in [1.82, 2.24) is 4.90 Å². The van der Waals surface area contributed by atoms with Crippen molar-refractivity contribution in [3.8, 4) is 6.19 Å². The summed E-state index contributed by atoms with van der Waals surface area (Å²) in [7, 11) is 0. The van der Waals surface area contributed by atoms with E-state index in [1.54, 1.807) is 6.19 Å². The van der Waals surface area contributed by atoms with Gasteiger partial charge in [0.2, 0.25) is 6.19 Å². The first-order chi connectivity index (χ1) is 9.54. The molecule has 0 bridgehead atoms. The molecule has 5 nitrogen and oxygen atoms in total. The minimum absolute atomic E-state index is 0.0108. The summed E-state index contributed by atoms with van der Waals surface area (Å²) >= 11 is 13.7. The van der Waals surface area contributed by atoms with Crippen LogP contribution in [-0.2, 0) is 6.54 Å². The Balaban J connectivity index is 2.34. The number of carboxylic acids is 1. The molecule has 1 saturated heterocycles. The number of carboxylic acid groups (broad SMARTS) is 1. The number of nitriles is 1. The largest absolute Gasteiger partial charge is 0.478 e. The Hall–Kier alpha value is -1.42. The zero-order valence-electron chi connectivity index (χ0n) is 10.1. The number of hydrogen-bond donors (Lipinski definition) is 1. The van der Waals surface area contributed by atoms with E-state index in [-0.39, 0.29) is 10.6 Å². The molecular weight excluding hydrogens is 321 g/mol. The molecule has 1 aromatic rings. The van der Waals surface area contributed by atoms with Crippen molar-refractivity contribution in [3.05, 3.63) is 33.3 Å². The first-order valence-corrected chi connectivity index (χ1v) is 7.33. The fourth-order valence-electron chi connectivity index (χ4n) is 1.83. The van der Waals surface area contributed by atoms with E-state index in [0.29, 0.717) is 28.8 Å². The van der Waals surface area contributed by atoms with Crippen LogP contribution in [0.15, 0.2) is 17.1 Å². The van der Waals surface area contributed by atoms with Crippen LogP contribution in [-0.4, -0.2) is 33.4 Å². The summed E-state index contributed by atoms with van der Waals surface area (Å²) in [4.78, 5) is 16.7. The Bertz CT molecular complexity index is 628.